The second kappa shape index (κ2) is 13.0. The minimum atomic E-state index is -0.313. The number of hydrogen-bond donors (Lipinski definition) is 1. The zero-order valence-corrected chi connectivity index (χ0v) is 25.3. The highest BCUT2D eigenvalue weighted by Gasteiger charge is 2.40. The van der Waals surface area contributed by atoms with E-state index in [1.807, 2.05) is 65.6 Å². The third kappa shape index (κ3) is 6.80. The van der Waals surface area contributed by atoms with Crippen molar-refractivity contribution in [3.05, 3.63) is 106 Å². The minimum absolute atomic E-state index is 0.0118. The Morgan fingerprint density at radius 3 is 2.17 bits per heavy atom. The first-order valence-electron chi connectivity index (χ1n) is 14.7. The summed E-state index contributed by atoms with van der Waals surface area (Å²) in [5.74, 6) is 0.0961. The molecule has 1 N–H and O–H groups in total. The number of nitrogens with zero attached hydrogens (tertiary/aromatic N) is 2. The summed E-state index contributed by atoms with van der Waals surface area (Å²) in [4.78, 5) is 30.1. The highest BCUT2D eigenvalue weighted by molar-refractivity contribution is 6.42. The first-order valence-corrected chi connectivity index (χ1v) is 15.4. The molecule has 0 bridgehead atoms. The van der Waals surface area contributed by atoms with Crippen LogP contribution in [0.4, 0.5) is 0 Å². The van der Waals surface area contributed by atoms with E-state index in [4.69, 9.17) is 23.2 Å². The molecule has 1 unspecified atom stereocenters. The van der Waals surface area contributed by atoms with Crippen molar-refractivity contribution in [1.82, 2.24) is 15.1 Å². The van der Waals surface area contributed by atoms with Crippen LogP contribution >= 0.6 is 23.2 Å². The molecule has 7 heteroatoms. The Bertz CT molecular complexity index is 1340. The maximum Gasteiger partial charge on any atom is 0.253 e. The van der Waals surface area contributed by atoms with Crippen LogP contribution in [-0.2, 0) is 15.7 Å². The quantitative estimate of drug-likeness (QED) is 0.304. The second-order valence-electron chi connectivity index (χ2n) is 11.7. The molecule has 5 rings (SSSR count). The molecule has 0 aromatic heterocycles. The van der Waals surface area contributed by atoms with E-state index in [-0.39, 0.29) is 22.8 Å². The van der Waals surface area contributed by atoms with Gasteiger partial charge in [0, 0.05) is 44.1 Å². The summed E-state index contributed by atoms with van der Waals surface area (Å²) in [5, 5.41) is 4.39. The lowest BCUT2D eigenvalue weighted by atomic mass is 9.70. The molecule has 2 saturated heterocycles. The fraction of sp³-hybridized carbons (Fsp3) is 0.412. The number of carbonyl (C=O) groups is 2. The fourth-order valence-electron chi connectivity index (χ4n) is 6.86. The number of carbonyl (C=O) groups excluding carboxylic acids is 2. The van der Waals surface area contributed by atoms with Crippen LogP contribution in [0.5, 0.6) is 0 Å². The molecule has 3 aromatic rings. The van der Waals surface area contributed by atoms with E-state index in [1.54, 1.807) is 6.92 Å². The van der Waals surface area contributed by atoms with Gasteiger partial charge in [0.05, 0.1) is 15.6 Å². The van der Waals surface area contributed by atoms with E-state index < -0.39 is 0 Å². The standard InChI is InChI=1S/C34H39Cl2N3O2/c1-26(40)37-34(28-12-6-3-7-13-28)18-22-38(23-19-34)20-8-16-33(29-14-15-30(35)31(36)24-29)17-9-21-39(25-33)32(41)27-10-4-2-5-11-27/h2-7,10-15,24H,8-9,16-23,25H2,1H3,(H,37,40). The average molecular weight is 593 g/mol. The monoisotopic (exact) mass is 591 g/mol. The second-order valence-corrected chi connectivity index (χ2v) is 12.5. The lowest BCUT2D eigenvalue weighted by Gasteiger charge is -2.45. The molecule has 2 fully saturated rings. The van der Waals surface area contributed by atoms with Gasteiger partial charge in [-0.1, -0.05) is 77.8 Å². The Balaban J connectivity index is 1.29. The zero-order valence-electron chi connectivity index (χ0n) is 23.8. The lowest BCUT2D eigenvalue weighted by Crippen LogP contribution is -2.53. The molecular weight excluding hydrogens is 553 g/mol. The van der Waals surface area contributed by atoms with Crippen molar-refractivity contribution in [3.63, 3.8) is 0 Å². The molecule has 0 radical (unpaired) electrons. The molecular formula is C34H39Cl2N3O2. The normalized spacial score (nSPS) is 20.9. The van der Waals surface area contributed by atoms with Crippen LogP contribution in [0.15, 0.2) is 78.9 Å². The third-order valence-corrected chi connectivity index (χ3v) is 9.74. The van der Waals surface area contributed by atoms with Crippen LogP contribution in [0.3, 0.4) is 0 Å². The Kier molecular flexibility index (Phi) is 9.38. The summed E-state index contributed by atoms with van der Waals surface area (Å²) in [6.45, 7) is 5.85. The Morgan fingerprint density at radius 1 is 0.829 bits per heavy atom. The van der Waals surface area contributed by atoms with Gasteiger partial charge in [0.25, 0.3) is 5.91 Å². The van der Waals surface area contributed by atoms with Crippen molar-refractivity contribution >= 4 is 35.0 Å². The predicted octanol–water partition coefficient (Wildman–Crippen LogP) is 7.08. The maximum absolute atomic E-state index is 13.5. The summed E-state index contributed by atoms with van der Waals surface area (Å²) >= 11 is 12.8. The molecule has 2 aliphatic heterocycles. The maximum atomic E-state index is 13.5. The van der Waals surface area contributed by atoms with Crippen LogP contribution in [0.2, 0.25) is 10.0 Å². The van der Waals surface area contributed by atoms with Gasteiger partial charge in [-0.25, -0.2) is 0 Å². The van der Waals surface area contributed by atoms with Gasteiger partial charge in [-0.2, -0.15) is 0 Å². The van der Waals surface area contributed by atoms with Gasteiger partial charge in [-0.05, 0) is 80.5 Å². The third-order valence-electron chi connectivity index (χ3n) is 9.00. The zero-order chi connectivity index (χ0) is 28.9. The van der Waals surface area contributed by atoms with Crippen molar-refractivity contribution in [1.29, 1.82) is 0 Å². The van der Waals surface area contributed by atoms with Crippen LogP contribution in [-0.4, -0.2) is 54.3 Å². The number of hydrogen-bond acceptors (Lipinski definition) is 3. The largest absolute Gasteiger partial charge is 0.347 e. The molecule has 0 spiro atoms. The van der Waals surface area contributed by atoms with Crippen LogP contribution in [0, 0.1) is 0 Å². The molecule has 2 heterocycles. The van der Waals surface area contributed by atoms with Gasteiger partial charge in [-0.3, -0.25) is 9.59 Å². The molecule has 0 saturated carbocycles. The first-order chi connectivity index (χ1) is 19.8. The molecule has 1 atom stereocenters. The summed E-state index contributed by atoms with van der Waals surface area (Å²) in [5.41, 5.74) is 2.57. The highest BCUT2D eigenvalue weighted by Crippen LogP contribution is 2.41. The number of amides is 2. The number of likely N-dealkylation sites (tertiary alicyclic amines) is 2. The van der Waals surface area contributed by atoms with E-state index in [0.29, 0.717) is 16.6 Å². The van der Waals surface area contributed by atoms with E-state index in [2.05, 4.69) is 28.4 Å². The first kappa shape index (κ1) is 29.6. The molecule has 41 heavy (non-hydrogen) atoms. The Hall–Kier alpha value is -2.86. The van der Waals surface area contributed by atoms with Gasteiger partial charge in [0.2, 0.25) is 5.91 Å². The van der Waals surface area contributed by atoms with Gasteiger partial charge in [0.15, 0.2) is 0 Å². The van der Waals surface area contributed by atoms with Crippen LogP contribution < -0.4 is 5.32 Å². The van der Waals surface area contributed by atoms with E-state index >= 15 is 0 Å². The summed E-state index contributed by atoms with van der Waals surface area (Å²) in [6, 6.07) is 25.9. The predicted molar refractivity (Wildman–Crippen MR) is 167 cm³/mol. The SMILES string of the molecule is CC(=O)NC1(c2ccccc2)CCN(CCCC2(c3ccc(Cl)c(Cl)c3)CCCN(C(=O)c3ccccc3)C2)CC1. The van der Waals surface area contributed by atoms with E-state index in [9.17, 15) is 9.59 Å². The van der Waals surface area contributed by atoms with E-state index in [0.717, 1.165) is 75.8 Å². The number of benzene rings is 3. The average Bonchev–Trinajstić information content (AvgIpc) is 3.00. The molecule has 2 aliphatic rings. The van der Waals surface area contributed by atoms with Crippen molar-refractivity contribution in [3.8, 4) is 0 Å². The molecule has 3 aromatic carbocycles. The molecule has 2 amide bonds. The molecule has 0 aliphatic carbocycles. The van der Waals surface area contributed by atoms with Crippen molar-refractivity contribution in [2.45, 2.75) is 56.4 Å². The van der Waals surface area contributed by atoms with Crippen LogP contribution in [0.25, 0.3) is 0 Å². The number of rotatable bonds is 8. The number of halogens is 2. The van der Waals surface area contributed by atoms with E-state index in [1.165, 1.54) is 5.56 Å². The van der Waals surface area contributed by atoms with Gasteiger partial charge >= 0.3 is 0 Å². The molecule has 5 nitrogen and oxygen atoms in total. The van der Waals surface area contributed by atoms with Crippen molar-refractivity contribution in [2.24, 2.45) is 0 Å². The fourth-order valence-corrected chi connectivity index (χ4v) is 7.16. The summed E-state index contributed by atoms with van der Waals surface area (Å²) in [7, 11) is 0. The molecule has 216 valence electrons. The summed E-state index contributed by atoms with van der Waals surface area (Å²) in [6.07, 6.45) is 5.67. The smallest absolute Gasteiger partial charge is 0.253 e. The Morgan fingerprint density at radius 2 is 1.51 bits per heavy atom. The van der Waals surface area contributed by atoms with Crippen LogP contribution in [0.1, 0.15) is 66.9 Å². The Labute approximate surface area is 253 Å². The highest BCUT2D eigenvalue weighted by atomic mass is 35.5. The lowest BCUT2D eigenvalue weighted by molar-refractivity contribution is -0.121. The van der Waals surface area contributed by atoms with Gasteiger partial charge in [0.1, 0.15) is 0 Å². The summed E-state index contributed by atoms with van der Waals surface area (Å²) < 4.78 is 0. The minimum Gasteiger partial charge on any atom is -0.347 e. The topological polar surface area (TPSA) is 52.7 Å². The van der Waals surface area contributed by atoms with Gasteiger partial charge in [-0.15, -0.1) is 0 Å². The number of nitrogens with one attached hydrogen (secondary N) is 1. The van der Waals surface area contributed by atoms with Gasteiger partial charge < -0.3 is 15.1 Å². The number of piperidine rings is 2. The van der Waals surface area contributed by atoms with Crippen molar-refractivity contribution in [2.75, 3.05) is 32.7 Å². The van der Waals surface area contributed by atoms with Crippen molar-refractivity contribution < 1.29 is 9.59 Å².